The second kappa shape index (κ2) is 6.08. The molecule has 0 bridgehead atoms. The molecule has 100 valence electrons. The van der Waals surface area contributed by atoms with E-state index >= 15 is 0 Å². The van der Waals surface area contributed by atoms with Crippen LogP contribution in [0.1, 0.15) is 38.4 Å². The van der Waals surface area contributed by atoms with E-state index in [1.54, 1.807) is 0 Å². The van der Waals surface area contributed by atoms with Gasteiger partial charge >= 0.3 is 0 Å². The Hall–Kier alpha value is -1.24. The van der Waals surface area contributed by atoms with Crippen molar-refractivity contribution in [1.29, 1.82) is 0 Å². The zero-order valence-corrected chi connectivity index (χ0v) is 11.4. The number of oxime groups is 1. The molecule has 1 atom stereocenters. The number of fused-ring (bicyclic) bond motifs is 1. The summed E-state index contributed by atoms with van der Waals surface area (Å²) in [6, 6.07) is 0. The van der Waals surface area contributed by atoms with Gasteiger partial charge in [-0.1, -0.05) is 30.3 Å². The molecule has 6 nitrogen and oxygen atoms in total. The molecular formula is C11H19N5OS. The van der Waals surface area contributed by atoms with Crippen molar-refractivity contribution < 1.29 is 5.21 Å². The van der Waals surface area contributed by atoms with Crippen LogP contribution in [0.2, 0.25) is 0 Å². The quantitative estimate of drug-likeness (QED) is 0.285. The third-order valence-electron chi connectivity index (χ3n) is 3.14. The van der Waals surface area contributed by atoms with Crippen LogP contribution in [-0.4, -0.2) is 31.1 Å². The molecule has 0 aromatic carbocycles. The van der Waals surface area contributed by atoms with Gasteiger partial charge in [-0.2, -0.15) is 0 Å². The summed E-state index contributed by atoms with van der Waals surface area (Å²) in [6.07, 6.45) is 5.38. The molecule has 0 amide bonds. The third-order valence-corrected chi connectivity index (χ3v) is 4.51. The second-order valence-corrected chi connectivity index (χ2v) is 5.57. The van der Waals surface area contributed by atoms with E-state index in [9.17, 15) is 0 Å². The fourth-order valence-electron chi connectivity index (χ4n) is 2.09. The lowest BCUT2D eigenvalue weighted by Gasteiger charge is -2.13. The topological polar surface area (TPSA) is 89.3 Å². The maximum Gasteiger partial charge on any atom is 0.191 e. The van der Waals surface area contributed by atoms with Crippen molar-refractivity contribution in [2.75, 3.05) is 0 Å². The lowest BCUT2D eigenvalue weighted by Crippen LogP contribution is -2.26. The van der Waals surface area contributed by atoms with Crippen molar-refractivity contribution in [3.63, 3.8) is 0 Å². The normalized spacial score (nSPS) is 18.2. The number of rotatable bonds is 4. The summed E-state index contributed by atoms with van der Waals surface area (Å²) in [6.45, 7) is 2.98. The molecule has 1 aliphatic heterocycles. The number of nitrogens with two attached hydrogens (primary N) is 1. The van der Waals surface area contributed by atoms with E-state index in [0.29, 0.717) is 0 Å². The van der Waals surface area contributed by atoms with Crippen LogP contribution in [0.15, 0.2) is 10.3 Å². The Bertz CT molecular complexity index is 431. The number of thioether (sulfide) groups is 1. The van der Waals surface area contributed by atoms with E-state index in [1.807, 2.05) is 6.92 Å². The number of nitrogens with zero attached hydrogens (tertiary/aromatic N) is 4. The van der Waals surface area contributed by atoms with Gasteiger partial charge in [0.15, 0.2) is 11.0 Å². The SMILES string of the molecule is CCC(Sc1nnc2n1CCCCC2)C(N)=NO. The first-order valence-electron chi connectivity index (χ1n) is 6.32. The minimum Gasteiger partial charge on any atom is -0.409 e. The number of amidine groups is 1. The van der Waals surface area contributed by atoms with Crippen LogP contribution in [-0.2, 0) is 13.0 Å². The molecule has 0 aliphatic carbocycles. The average molecular weight is 269 g/mol. The molecule has 1 unspecified atom stereocenters. The van der Waals surface area contributed by atoms with Gasteiger partial charge in [0, 0.05) is 13.0 Å². The van der Waals surface area contributed by atoms with E-state index in [-0.39, 0.29) is 11.1 Å². The van der Waals surface area contributed by atoms with Gasteiger partial charge in [0.05, 0.1) is 5.25 Å². The van der Waals surface area contributed by atoms with Crippen LogP contribution in [0.4, 0.5) is 0 Å². The molecular weight excluding hydrogens is 250 g/mol. The first-order valence-corrected chi connectivity index (χ1v) is 7.20. The fourth-order valence-corrected chi connectivity index (χ4v) is 3.09. The Morgan fingerprint density at radius 3 is 3.06 bits per heavy atom. The zero-order chi connectivity index (χ0) is 13.0. The maximum absolute atomic E-state index is 8.76. The van der Waals surface area contributed by atoms with Gasteiger partial charge in [-0.3, -0.25) is 0 Å². The van der Waals surface area contributed by atoms with Gasteiger partial charge in [0.2, 0.25) is 0 Å². The summed E-state index contributed by atoms with van der Waals surface area (Å²) in [5, 5.41) is 21.1. The summed E-state index contributed by atoms with van der Waals surface area (Å²) in [4.78, 5) is 0. The maximum atomic E-state index is 8.76. The average Bonchev–Trinajstić information content (AvgIpc) is 2.63. The molecule has 0 spiro atoms. The summed E-state index contributed by atoms with van der Waals surface area (Å²) in [5.74, 6) is 1.30. The molecule has 0 saturated carbocycles. The molecule has 0 saturated heterocycles. The molecule has 1 aromatic rings. The molecule has 18 heavy (non-hydrogen) atoms. The highest BCUT2D eigenvalue weighted by Gasteiger charge is 2.20. The van der Waals surface area contributed by atoms with Gasteiger partial charge in [-0.05, 0) is 19.3 Å². The fraction of sp³-hybridized carbons (Fsp3) is 0.727. The van der Waals surface area contributed by atoms with Crippen molar-refractivity contribution in [3.8, 4) is 0 Å². The van der Waals surface area contributed by atoms with E-state index in [2.05, 4.69) is 19.9 Å². The monoisotopic (exact) mass is 269 g/mol. The Labute approximate surface area is 111 Å². The predicted octanol–water partition coefficient (Wildman–Crippen LogP) is 1.62. The van der Waals surface area contributed by atoms with Crippen LogP contribution >= 0.6 is 11.8 Å². The van der Waals surface area contributed by atoms with E-state index < -0.39 is 0 Å². The van der Waals surface area contributed by atoms with E-state index in [1.165, 1.54) is 31.0 Å². The molecule has 0 fully saturated rings. The summed E-state index contributed by atoms with van der Waals surface area (Å²) in [7, 11) is 0. The number of aryl methyl sites for hydroxylation is 1. The highest BCUT2D eigenvalue weighted by molar-refractivity contribution is 8.00. The van der Waals surface area contributed by atoms with Gasteiger partial charge in [-0.15, -0.1) is 10.2 Å². The van der Waals surface area contributed by atoms with Crippen LogP contribution in [0, 0.1) is 0 Å². The number of hydrogen-bond acceptors (Lipinski definition) is 5. The van der Waals surface area contributed by atoms with Crippen LogP contribution < -0.4 is 5.73 Å². The van der Waals surface area contributed by atoms with Crippen molar-refractivity contribution in [2.24, 2.45) is 10.9 Å². The first-order chi connectivity index (χ1) is 8.76. The lowest BCUT2D eigenvalue weighted by molar-refractivity contribution is 0.317. The number of aromatic nitrogens is 3. The second-order valence-electron chi connectivity index (χ2n) is 4.40. The summed E-state index contributed by atoms with van der Waals surface area (Å²) >= 11 is 1.53. The van der Waals surface area contributed by atoms with Crippen molar-refractivity contribution in [3.05, 3.63) is 5.82 Å². The van der Waals surface area contributed by atoms with Crippen LogP contribution in [0.3, 0.4) is 0 Å². The zero-order valence-electron chi connectivity index (χ0n) is 10.5. The molecule has 2 heterocycles. The number of hydrogen-bond donors (Lipinski definition) is 2. The molecule has 2 rings (SSSR count). The summed E-state index contributed by atoms with van der Waals surface area (Å²) in [5.41, 5.74) is 5.67. The van der Waals surface area contributed by atoms with Gasteiger partial charge in [-0.25, -0.2) is 0 Å². The van der Waals surface area contributed by atoms with Gasteiger partial charge < -0.3 is 15.5 Å². The van der Waals surface area contributed by atoms with Crippen LogP contribution in [0.25, 0.3) is 0 Å². The van der Waals surface area contributed by atoms with Crippen LogP contribution in [0.5, 0.6) is 0 Å². The minimum atomic E-state index is -0.0495. The Morgan fingerprint density at radius 1 is 1.50 bits per heavy atom. The highest BCUT2D eigenvalue weighted by Crippen LogP contribution is 2.26. The van der Waals surface area contributed by atoms with Gasteiger partial charge in [0.25, 0.3) is 0 Å². The minimum absolute atomic E-state index is 0.0495. The Kier molecular flexibility index (Phi) is 4.46. The Morgan fingerprint density at radius 2 is 2.33 bits per heavy atom. The third kappa shape index (κ3) is 2.77. The molecule has 0 radical (unpaired) electrons. The van der Waals surface area contributed by atoms with Crippen molar-refractivity contribution in [1.82, 2.24) is 14.8 Å². The Balaban J connectivity index is 2.16. The molecule has 3 N–H and O–H groups in total. The highest BCUT2D eigenvalue weighted by atomic mass is 32.2. The molecule has 1 aromatic heterocycles. The summed E-state index contributed by atoms with van der Waals surface area (Å²) < 4.78 is 2.17. The first kappa shape index (κ1) is 13.2. The van der Waals surface area contributed by atoms with Crippen molar-refractivity contribution in [2.45, 2.75) is 56.0 Å². The lowest BCUT2D eigenvalue weighted by atomic mass is 10.2. The van der Waals surface area contributed by atoms with E-state index in [4.69, 9.17) is 10.9 Å². The molecule has 1 aliphatic rings. The van der Waals surface area contributed by atoms with Crippen molar-refractivity contribution >= 4 is 17.6 Å². The predicted molar refractivity (Wildman–Crippen MR) is 70.9 cm³/mol. The van der Waals surface area contributed by atoms with Gasteiger partial charge in [0.1, 0.15) is 5.82 Å². The molecule has 7 heteroatoms. The van der Waals surface area contributed by atoms with E-state index in [0.717, 1.165) is 30.4 Å². The smallest absolute Gasteiger partial charge is 0.191 e. The standard InChI is InChI=1S/C11H19N5OS/c1-2-8(10(12)15-17)18-11-14-13-9-6-4-3-5-7-16(9)11/h8,17H,2-7H2,1H3,(H2,12,15). The largest absolute Gasteiger partial charge is 0.409 e.